The van der Waals surface area contributed by atoms with Crippen molar-refractivity contribution < 1.29 is 23.8 Å². The minimum atomic E-state index is -0.723. The van der Waals surface area contributed by atoms with Gasteiger partial charge in [-0.2, -0.15) is 0 Å². The number of rotatable bonds is 8. The molecule has 10 heteroatoms. The van der Waals surface area contributed by atoms with E-state index in [0.717, 1.165) is 31.5 Å². The van der Waals surface area contributed by atoms with Gasteiger partial charge in [-0.25, -0.2) is 9.79 Å². The van der Waals surface area contributed by atoms with Crippen molar-refractivity contribution in [2.75, 3.05) is 26.8 Å². The number of esters is 1. The Labute approximate surface area is 242 Å². The van der Waals surface area contributed by atoms with Crippen molar-refractivity contribution in [1.29, 1.82) is 0 Å². The molecule has 41 heavy (non-hydrogen) atoms. The Balaban J connectivity index is 1.48. The summed E-state index contributed by atoms with van der Waals surface area (Å²) in [4.78, 5) is 46.3. The molecule has 5 rings (SSSR count). The summed E-state index contributed by atoms with van der Waals surface area (Å²) >= 11 is 1.26. The second kappa shape index (κ2) is 12.1. The fraction of sp³-hybridized carbons (Fsp3) is 0.355. The molecule has 0 saturated carbocycles. The Bertz CT molecular complexity index is 1660. The highest BCUT2D eigenvalue weighted by molar-refractivity contribution is 7.07. The average molecular weight is 576 g/mol. The molecule has 1 atom stereocenters. The van der Waals surface area contributed by atoms with Crippen LogP contribution in [0.2, 0.25) is 0 Å². The van der Waals surface area contributed by atoms with Crippen molar-refractivity contribution >= 4 is 29.3 Å². The number of methoxy groups -OCH3 is 1. The zero-order valence-corrected chi connectivity index (χ0v) is 24.4. The van der Waals surface area contributed by atoms with Crippen molar-refractivity contribution in [3.8, 4) is 11.5 Å². The van der Waals surface area contributed by atoms with Crippen molar-refractivity contribution in [3.05, 3.63) is 90.6 Å². The second-order valence-corrected chi connectivity index (χ2v) is 11.3. The molecule has 2 aliphatic heterocycles. The third kappa shape index (κ3) is 6.12. The van der Waals surface area contributed by atoms with Crippen LogP contribution in [-0.2, 0) is 14.3 Å². The minimum Gasteiger partial charge on any atom is -0.497 e. The summed E-state index contributed by atoms with van der Waals surface area (Å²) in [6.45, 7) is 6.90. The highest BCUT2D eigenvalue weighted by atomic mass is 32.1. The number of amides is 1. The lowest BCUT2D eigenvalue weighted by atomic mass is 9.95. The molecule has 0 radical (unpaired) electrons. The van der Waals surface area contributed by atoms with Crippen molar-refractivity contribution in [2.45, 2.75) is 45.8 Å². The van der Waals surface area contributed by atoms with E-state index in [0.29, 0.717) is 37.7 Å². The molecule has 1 fully saturated rings. The second-order valence-electron chi connectivity index (χ2n) is 10.3. The minimum absolute atomic E-state index is 0.00312. The van der Waals surface area contributed by atoms with Crippen LogP contribution in [0.3, 0.4) is 0 Å². The van der Waals surface area contributed by atoms with Crippen molar-refractivity contribution in [3.63, 3.8) is 0 Å². The third-order valence-electron chi connectivity index (χ3n) is 6.99. The van der Waals surface area contributed by atoms with E-state index in [1.54, 1.807) is 50.7 Å². The van der Waals surface area contributed by atoms with Crippen LogP contribution >= 0.6 is 11.3 Å². The fourth-order valence-electron chi connectivity index (χ4n) is 5.00. The molecule has 1 aromatic heterocycles. The van der Waals surface area contributed by atoms with E-state index in [-0.39, 0.29) is 24.2 Å². The van der Waals surface area contributed by atoms with E-state index in [2.05, 4.69) is 4.99 Å². The highest BCUT2D eigenvalue weighted by Gasteiger charge is 2.34. The van der Waals surface area contributed by atoms with E-state index >= 15 is 0 Å². The molecule has 2 aromatic carbocycles. The summed E-state index contributed by atoms with van der Waals surface area (Å²) in [6.07, 6.45) is 3.53. The SMILES string of the molecule is COc1cccc([C@@H]2C(C(=O)OC(C)C)=C(C)N=c3s/c(=C\c4ccc(OCC(=O)N5CCCC5)cc4)c(=O)n32)c1. The zero-order valence-electron chi connectivity index (χ0n) is 23.6. The summed E-state index contributed by atoms with van der Waals surface area (Å²) in [5.41, 5.74) is 2.06. The quantitative estimate of drug-likeness (QED) is 0.383. The molecule has 0 unspecified atom stereocenters. The van der Waals surface area contributed by atoms with Gasteiger partial charge in [0.05, 0.1) is 35.1 Å². The summed E-state index contributed by atoms with van der Waals surface area (Å²) in [5.74, 6) is 0.672. The maximum atomic E-state index is 13.8. The number of aromatic nitrogens is 1. The summed E-state index contributed by atoms with van der Waals surface area (Å²) < 4.78 is 18.7. The number of ether oxygens (including phenoxy) is 3. The van der Waals surface area contributed by atoms with Crippen molar-refractivity contribution in [1.82, 2.24) is 9.47 Å². The van der Waals surface area contributed by atoms with Gasteiger partial charge >= 0.3 is 5.97 Å². The first kappa shape index (κ1) is 28.4. The lowest BCUT2D eigenvalue weighted by Crippen LogP contribution is -2.40. The zero-order chi connectivity index (χ0) is 29.1. The molecule has 0 spiro atoms. The van der Waals surface area contributed by atoms with Gasteiger partial charge in [0.25, 0.3) is 11.5 Å². The van der Waals surface area contributed by atoms with Crippen LogP contribution in [0.1, 0.15) is 50.8 Å². The summed E-state index contributed by atoms with van der Waals surface area (Å²) in [7, 11) is 1.57. The lowest BCUT2D eigenvalue weighted by Gasteiger charge is -2.25. The number of benzene rings is 2. The molecule has 9 nitrogen and oxygen atoms in total. The smallest absolute Gasteiger partial charge is 0.338 e. The predicted octanol–water partition coefficient (Wildman–Crippen LogP) is 3.20. The molecule has 1 amide bonds. The number of hydrogen-bond acceptors (Lipinski definition) is 8. The number of fused-ring (bicyclic) bond motifs is 1. The van der Waals surface area contributed by atoms with Gasteiger partial charge in [-0.05, 0) is 75.1 Å². The molecule has 2 aliphatic rings. The van der Waals surface area contributed by atoms with Crippen LogP contribution in [0, 0.1) is 0 Å². The molecule has 0 aliphatic carbocycles. The van der Waals surface area contributed by atoms with E-state index in [1.807, 2.05) is 41.3 Å². The van der Waals surface area contributed by atoms with Crippen molar-refractivity contribution in [2.24, 2.45) is 4.99 Å². The molecule has 214 valence electrons. The van der Waals surface area contributed by atoms with Crippen LogP contribution in [0.15, 0.2) is 69.6 Å². The summed E-state index contributed by atoms with van der Waals surface area (Å²) in [6, 6.07) is 13.8. The first-order chi connectivity index (χ1) is 19.7. The van der Waals surface area contributed by atoms with Crippen LogP contribution in [0.4, 0.5) is 0 Å². The van der Waals surface area contributed by atoms with Crippen LogP contribution in [0.5, 0.6) is 11.5 Å². The Hall–Kier alpha value is -4.18. The fourth-order valence-corrected chi connectivity index (χ4v) is 6.05. The van der Waals surface area contributed by atoms with E-state index < -0.39 is 12.0 Å². The molecule has 0 N–H and O–H groups in total. The largest absolute Gasteiger partial charge is 0.497 e. The highest BCUT2D eigenvalue weighted by Crippen LogP contribution is 2.32. The number of allylic oxidation sites excluding steroid dienone is 1. The van der Waals surface area contributed by atoms with Crippen LogP contribution < -0.4 is 24.4 Å². The molecule has 3 aromatic rings. The van der Waals surface area contributed by atoms with Gasteiger partial charge in [0.2, 0.25) is 0 Å². The topological polar surface area (TPSA) is 99.4 Å². The van der Waals surface area contributed by atoms with Gasteiger partial charge in [0.15, 0.2) is 11.4 Å². The first-order valence-corrected chi connectivity index (χ1v) is 14.4. The Morgan fingerprint density at radius 1 is 1.10 bits per heavy atom. The molecule has 0 bridgehead atoms. The van der Waals surface area contributed by atoms with E-state index in [1.165, 1.54) is 11.3 Å². The molecular weight excluding hydrogens is 542 g/mol. The lowest BCUT2D eigenvalue weighted by molar-refractivity contribution is -0.143. The number of likely N-dealkylation sites (tertiary alicyclic amines) is 1. The molecule has 1 saturated heterocycles. The van der Waals surface area contributed by atoms with Gasteiger partial charge in [-0.15, -0.1) is 0 Å². The predicted molar refractivity (Wildman–Crippen MR) is 156 cm³/mol. The van der Waals surface area contributed by atoms with E-state index in [9.17, 15) is 14.4 Å². The maximum absolute atomic E-state index is 13.8. The molecular formula is C31H33N3O6S. The number of carbonyl (C=O) groups excluding carboxylic acids is 2. The Morgan fingerprint density at radius 2 is 1.83 bits per heavy atom. The Kier molecular flexibility index (Phi) is 8.39. The maximum Gasteiger partial charge on any atom is 0.338 e. The summed E-state index contributed by atoms with van der Waals surface area (Å²) in [5, 5.41) is 0. The molecule has 3 heterocycles. The number of carbonyl (C=O) groups is 2. The monoisotopic (exact) mass is 575 g/mol. The average Bonchev–Trinajstić information content (AvgIpc) is 3.60. The number of hydrogen-bond donors (Lipinski definition) is 0. The first-order valence-electron chi connectivity index (χ1n) is 13.6. The van der Waals surface area contributed by atoms with Gasteiger partial charge in [0, 0.05) is 13.1 Å². The van der Waals surface area contributed by atoms with E-state index in [4.69, 9.17) is 14.2 Å². The third-order valence-corrected chi connectivity index (χ3v) is 7.98. The van der Waals surface area contributed by atoms with Gasteiger partial charge < -0.3 is 19.1 Å². The number of thiazole rings is 1. The van der Waals surface area contributed by atoms with Crippen LogP contribution in [0.25, 0.3) is 6.08 Å². The standard InChI is InChI=1S/C31H33N3O6S/c1-19(2)40-30(37)27-20(3)32-31-34(28(27)22-8-7-9-24(17-22)38-4)29(36)25(41-31)16-21-10-12-23(13-11-21)39-18-26(35)33-14-5-6-15-33/h7-13,16-17,19,28H,5-6,14-15,18H2,1-4H3/b25-16-/t28-/m1/s1. The van der Waals surface area contributed by atoms with Gasteiger partial charge in [-0.1, -0.05) is 35.6 Å². The normalized spacial score (nSPS) is 17.0. The number of nitrogens with zero attached hydrogens (tertiary/aromatic N) is 3. The van der Waals surface area contributed by atoms with Crippen LogP contribution in [-0.4, -0.2) is 54.3 Å². The Morgan fingerprint density at radius 3 is 2.51 bits per heavy atom. The van der Waals surface area contributed by atoms with Gasteiger partial charge in [-0.3, -0.25) is 14.2 Å². The van der Waals surface area contributed by atoms with Gasteiger partial charge in [0.1, 0.15) is 11.5 Å².